The van der Waals surface area contributed by atoms with Crippen molar-refractivity contribution in [2.45, 2.75) is 6.61 Å². The first kappa shape index (κ1) is 13.4. The van der Waals surface area contributed by atoms with Crippen LogP contribution < -0.4 is 4.74 Å². The predicted octanol–water partition coefficient (Wildman–Crippen LogP) is 2.66. The molecule has 0 unspecified atom stereocenters. The molecule has 0 bridgehead atoms. The zero-order chi connectivity index (χ0) is 14.8. The first-order valence-electron chi connectivity index (χ1n) is 6.10. The van der Waals surface area contributed by atoms with Gasteiger partial charge >= 0.3 is 5.97 Å². The summed E-state index contributed by atoms with van der Waals surface area (Å²) in [6.07, 6.45) is 0. The molecule has 1 N–H and O–H groups in total. The Hall–Kier alpha value is -2.60. The lowest BCUT2D eigenvalue weighted by Gasteiger charge is -2.03. The summed E-state index contributed by atoms with van der Waals surface area (Å²) >= 11 is 5.87. The van der Waals surface area contributed by atoms with Gasteiger partial charge in [-0.05, 0) is 30.3 Å². The molecular weight excluding hydrogens is 294 g/mol. The highest BCUT2D eigenvalue weighted by Gasteiger charge is 2.12. The van der Waals surface area contributed by atoms with Crippen molar-refractivity contribution >= 4 is 23.2 Å². The van der Waals surface area contributed by atoms with Gasteiger partial charge in [-0.25, -0.2) is 14.3 Å². The molecule has 7 heteroatoms. The molecule has 1 aromatic carbocycles. The monoisotopic (exact) mass is 303 g/mol. The molecule has 0 radical (unpaired) electrons. The third kappa shape index (κ3) is 2.80. The summed E-state index contributed by atoms with van der Waals surface area (Å²) in [4.78, 5) is 15.3. The van der Waals surface area contributed by atoms with Crippen LogP contribution in [0.15, 0.2) is 42.5 Å². The maximum absolute atomic E-state index is 11.1. The number of aromatic carboxylic acids is 1. The van der Waals surface area contributed by atoms with Gasteiger partial charge in [0.2, 0.25) is 0 Å². The Bertz CT molecular complexity index is 816. The average Bonchev–Trinajstić information content (AvgIpc) is 2.87. The van der Waals surface area contributed by atoms with Crippen LogP contribution in [0.3, 0.4) is 0 Å². The van der Waals surface area contributed by atoms with Crippen LogP contribution in [-0.4, -0.2) is 25.7 Å². The van der Waals surface area contributed by atoms with Gasteiger partial charge in [0.1, 0.15) is 12.4 Å². The van der Waals surface area contributed by atoms with Crippen LogP contribution in [0.1, 0.15) is 16.3 Å². The Kier molecular flexibility index (Phi) is 3.45. The van der Waals surface area contributed by atoms with Crippen LogP contribution in [0.4, 0.5) is 0 Å². The first-order chi connectivity index (χ1) is 10.1. The molecule has 6 nitrogen and oxygen atoms in total. The fourth-order valence-corrected chi connectivity index (χ4v) is 2.06. The van der Waals surface area contributed by atoms with Gasteiger partial charge in [-0.1, -0.05) is 23.7 Å². The second-order valence-electron chi connectivity index (χ2n) is 4.26. The Morgan fingerprint density at radius 3 is 2.86 bits per heavy atom. The van der Waals surface area contributed by atoms with Crippen LogP contribution in [-0.2, 0) is 6.61 Å². The second kappa shape index (κ2) is 5.41. The van der Waals surface area contributed by atoms with Crippen molar-refractivity contribution < 1.29 is 14.6 Å². The van der Waals surface area contributed by atoms with E-state index in [4.69, 9.17) is 21.4 Å². The molecule has 0 fully saturated rings. The number of rotatable bonds is 4. The second-order valence-corrected chi connectivity index (χ2v) is 4.70. The lowest BCUT2D eigenvalue weighted by atomic mass is 10.3. The van der Waals surface area contributed by atoms with E-state index in [0.717, 1.165) is 0 Å². The van der Waals surface area contributed by atoms with Gasteiger partial charge in [-0.15, -0.1) is 5.10 Å². The molecule has 2 aromatic heterocycles. The Labute approximate surface area is 124 Å². The molecule has 0 saturated heterocycles. The molecule has 0 aliphatic rings. The van der Waals surface area contributed by atoms with E-state index in [-0.39, 0.29) is 12.3 Å². The summed E-state index contributed by atoms with van der Waals surface area (Å²) in [6, 6.07) is 11.7. The van der Waals surface area contributed by atoms with Crippen molar-refractivity contribution in [3.05, 3.63) is 59.0 Å². The molecular formula is C14H10ClN3O3. The molecule has 3 aromatic rings. The predicted molar refractivity (Wildman–Crippen MR) is 75.7 cm³/mol. The van der Waals surface area contributed by atoms with Gasteiger partial charge in [-0.2, -0.15) is 0 Å². The Morgan fingerprint density at radius 1 is 1.29 bits per heavy atom. The van der Waals surface area contributed by atoms with Gasteiger partial charge in [0.25, 0.3) is 0 Å². The summed E-state index contributed by atoms with van der Waals surface area (Å²) in [6.45, 7) is 0.126. The molecule has 0 spiro atoms. The minimum atomic E-state index is -1.06. The summed E-state index contributed by atoms with van der Waals surface area (Å²) in [5.74, 6) is -0.0729. The number of carbonyl (C=O) groups is 1. The van der Waals surface area contributed by atoms with Crippen molar-refractivity contribution in [2.24, 2.45) is 0 Å². The number of ether oxygens (including phenoxy) is 1. The molecule has 106 valence electrons. The van der Waals surface area contributed by atoms with E-state index in [1.807, 2.05) is 0 Å². The number of benzene rings is 1. The maximum Gasteiger partial charge on any atom is 0.354 e. The first-order valence-corrected chi connectivity index (χ1v) is 6.47. The standard InChI is InChI=1S/C14H10ClN3O3/c15-9-3-1-4-10(7-9)21-8-12-16-13-6-2-5-11(14(19)20)18(13)17-12/h1-7H,8H2,(H,19,20). The van der Waals surface area contributed by atoms with E-state index in [9.17, 15) is 4.79 Å². The molecule has 0 atom stereocenters. The number of carboxylic acids is 1. The average molecular weight is 304 g/mol. The van der Waals surface area contributed by atoms with E-state index in [1.54, 1.807) is 36.4 Å². The van der Waals surface area contributed by atoms with E-state index in [0.29, 0.717) is 22.2 Å². The smallest absolute Gasteiger partial charge is 0.354 e. The fourth-order valence-electron chi connectivity index (χ4n) is 1.88. The van der Waals surface area contributed by atoms with Crippen molar-refractivity contribution in [3.8, 4) is 5.75 Å². The highest BCUT2D eigenvalue weighted by Crippen LogP contribution is 2.18. The SMILES string of the molecule is O=C(O)c1cccc2nc(COc3cccc(Cl)c3)nn12. The topological polar surface area (TPSA) is 76.7 Å². The molecule has 21 heavy (non-hydrogen) atoms. The van der Waals surface area contributed by atoms with Crippen molar-refractivity contribution in [1.29, 1.82) is 0 Å². The van der Waals surface area contributed by atoms with E-state index < -0.39 is 5.97 Å². The summed E-state index contributed by atoms with van der Waals surface area (Å²) in [5.41, 5.74) is 0.508. The minimum Gasteiger partial charge on any atom is -0.485 e. The quantitative estimate of drug-likeness (QED) is 0.802. The molecule has 0 aliphatic heterocycles. The highest BCUT2D eigenvalue weighted by molar-refractivity contribution is 6.30. The van der Waals surface area contributed by atoms with E-state index in [1.165, 1.54) is 10.6 Å². The van der Waals surface area contributed by atoms with Gasteiger partial charge in [0.05, 0.1) is 0 Å². The molecule has 0 aliphatic carbocycles. The van der Waals surface area contributed by atoms with Gasteiger partial charge in [0, 0.05) is 5.02 Å². The third-order valence-electron chi connectivity index (χ3n) is 2.79. The zero-order valence-corrected chi connectivity index (χ0v) is 11.5. The molecule has 3 rings (SSSR count). The number of hydrogen-bond acceptors (Lipinski definition) is 4. The highest BCUT2D eigenvalue weighted by atomic mass is 35.5. The number of fused-ring (bicyclic) bond motifs is 1. The number of pyridine rings is 1. The maximum atomic E-state index is 11.1. The number of nitrogens with zero attached hydrogens (tertiary/aromatic N) is 3. The van der Waals surface area contributed by atoms with Gasteiger partial charge in [0.15, 0.2) is 17.2 Å². The number of halogens is 1. The lowest BCUT2D eigenvalue weighted by molar-refractivity contribution is 0.0687. The van der Waals surface area contributed by atoms with E-state index >= 15 is 0 Å². The largest absolute Gasteiger partial charge is 0.485 e. The van der Waals surface area contributed by atoms with Gasteiger partial charge in [-0.3, -0.25) is 0 Å². The number of hydrogen-bond donors (Lipinski definition) is 1. The fraction of sp³-hybridized carbons (Fsp3) is 0.0714. The lowest BCUT2D eigenvalue weighted by Crippen LogP contribution is -2.06. The minimum absolute atomic E-state index is 0.0500. The molecule has 0 saturated carbocycles. The summed E-state index contributed by atoms with van der Waals surface area (Å²) in [5, 5.41) is 13.8. The van der Waals surface area contributed by atoms with Crippen LogP contribution in [0.5, 0.6) is 5.75 Å². The van der Waals surface area contributed by atoms with Crippen molar-refractivity contribution in [3.63, 3.8) is 0 Å². The van der Waals surface area contributed by atoms with Crippen LogP contribution >= 0.6 is 11.6 Å². The number of carboxylic acid groups (broad SMARTS) is 1. The Morgan fingerprint density at radius 2 is 2.10 bits per heavy atom. The molecule has 0 amide bonds. The van der Waals surface area contributed by atoms with Crippen LogP contribution in [0.25, 0.3) is 5.65 Å². The normalized spacial score (nSPS) is 10.7. The van der Waals surface area contributed by atoms with E-state index in [2.05, 4.69) is 10.1 Å². The Balaban J connectivity index is 1.85. The zero-order valence-electron chi connectivity index (χ0n) is 10.7. The summed E-state index contributed by atoms with van der Waals surface area (Å²) < 4.78 is 6.81. The van der Waals surface area contributed by atoms with Crippen LogP contribution in [0.2, 0.25) is 5.02 Å². The summed E-state index contributed by atoms with van der Waals surface area (Å²) in [7, 11) is 0. The van der Waals surface area contributed by atoms with Gasteiger partial charge < -0.3 is 9.84 Å². The van der Waals surface area contributed by atoms with Crippen molar-refractivity contribution in [1.82, 2.24) is 14.6 Å². The van der Waals surface area contributed by atoms with Crippen LogP contribution in [0, 0.1) is 0 Å². The van der Waals surface area contributed by atoms with Crippen molar-refractivity contribution in [2.75, 3.05) is 0 Å². The number of aromatic nitrogens is 3. The third-order valence-corrected chi connectivity index (χ3v) is 3.02. The molecule has 2 heterocycles.